The molecule has 33 heavy (non-hydrogen) atoms. The number of piperidine rings is 1. The van der Waals surface area contributed by atoms with Gasteiger partial charge in [-0.3, -0.25) is 9.69 Å². The molecule has 0 radical (unpaired) electrons. The summed E-state index contributed by atoms with van der Waals surface area (Å²) in [6.45, 7) is 12.3. The van der Waals surface area contributed by atoms with E-state index >= 15 is 0 Å². The number of ether oxygens (including phenoxy) is 1. The second-order valence-electron chi connectivity index (χ2n) is 9.45. The molecule has 1 amide bonds. The van der Waals surface area contributed by atoms with Gasteiger partial charge in [0.2, 0.25) is 5.91 Å². The maximum Gasteiger partial charge on any atom is 0.414 e. The van der Waals surface area contributed by atoms with Crippen molar-refractivity contribution >= 4 is 23.9 Å². The molecule has 2 fully saturated rings. The Kier molecular flexibility index (Phi) is 10.1. The number of carboxylic acid groups (broad SMARTS) is 2. The zero-order valence-electron chi connectivity index (χ0n) is 19.8. The van der Waals surface area contributed by atoms with E-state index in [0.29, 0.717) is 12.5 Å². The molecule has 2 saturated heterocycles. The van der Waals surface area contributed by atoms with Crippen LogP contribution in [0.25, 0.3) is 6.08 Å². The number of likely N-dealkylation sites (tertiary alicyclic amines) is 1. The molecule has 0 aromatic heterocycles. The summed E-state index contributed by atoms with van der Waals surface area (Å²) in [4.78, 5) is 35.0. The van der Waals surface area contributed by atoms with E-state index < -0.39 is 11.9 Å². The Morgan fingerprint density at radius 1 is 1.03 bits per heavy atom. The van der Waals surface area contributed by atoms with Crippen molar-refractivity contribution < 1.29 is 29.3 Å². The molecule has 1 aromatic rings. The van der Waals surface area contributed by atoms with Crippen LogP contribution in [0, 0.1) is 5.92 Å². The lowest BCUT2D eigenvalue weighted by Gasteiger charge is -2.33. The molecule has 3 rings (SSSR count). The average Bonchev–Trinajstić information content (AvgIpc) is 2.78. The third-order valence-electron chi connectivity index (χ3n) is 5.85. The number of hydrogen-bond donors (Lipinski definition) is 2. The lowest BCUT2D eigenvalue weighted by molar-refractivity contribution is -0.159. The molecule has 0 saturated carbocycles. The molecule has 2 N–H and O–H groups in total. The van der Waals surface area contributed by atoms with Gasteiger partial charge in [-0.05, 0) is 35.3 Å². The molecule has 8 nitrogen and oxygen atoms in total. The monoisotopic (exact) mass is 460 g/mol. The lowest BCUT2D eigenvalue weighted by atomic mass is 9.86. The van der Waals surface area contributed by atoms with Crippen molar-refractivity contribution in [3.8, 4) is 0 Å². The third kappa shape index (κ3) is 9.35. The van der Waals surface area contributed by atoms with Crippen LogP contribution in [0.3, 0.4) is 0 Å². The number of benzene rings is 1. The van der Waals surface area contributed by atoms with Gasteiger partial charge in [0.25, 0.3) is 0 Å². The van der Waals surface area contributed by atoms with E-state index in [4.69, 9.17) is 24.5 Å². The predicted octanol–water partition coefficient (Wildman–Crippen LogP) is 2.72. The minimum absolute atomic E-state index is 0.177. The highest BCUT2D eigenvalue weighted by Crippen LogP contribution is 2.24. The Morgan fingerprint density at radius 2 is 1.64 bits per heavy atom. The van der Waals surface area contributed by atoms with E-state index in [1.807, 2.05) is 4.90 Å². The molecule has 2 aliphatic rings. The summed E-state index contributed by atoms with van der Waals surface area (Å²) in [6.07, 6.45) is 6.71. The highest BCUT2D eigenvalue weighted by atomic mass is 16.5. The number of amides is 1. The molecule has 0 unspecified atom stereocenters. The zero-order valence-corrected chi connectivity index (χ0v) is 19.8. The Morgan fingerprint density at radius 3 is 2.18 bits per heavy atom. The van der Waals surface area contributed by atoms with E-state index in [0.717, 1.165) is 52.2 Å². The van der Waals surface area contributed by atoms with Gasteiger partial charge < -0.3 is 19.8 Å². The summed E-state index contributed by atoms with van der Waals surface area (Å²) in [5.41, 5.74) is 2.82. The van der Waals surface area contributed by atoms with E-state index in [1.165, 1.54) is 11.1 Å². The van der Waals surface area contributed by atoms with Crippen LogP contribution in [0.1, 0.15) is 44.7 Å². The van der Waals surface area contributed by atoms with Crippen LogP contribution in [0.4, 0.5) is 0 Å². The van der Waals surface area contributed by atoms with E-state index in [1.54, 1.807) is 0 Å². The van der Waals surface area contributed by atoms with Crippen LogP contribution in [0.15, 0.2) is 30.3 Å². The number of carbonyl (C=O) groups is 3. The highest BCUT2D eigenvalue weighted by Gasteiger charge is 2.23. The van der Waals surface area contributed by atoms with E-state index in [9.17, 15) is 4.79 Å². The Balaban J connectivity index is 0.000000569. The lowest BCUT2D eigenvalue weighted by Crippen LogP contribution is -2.46. The van der Waals surface area contributed by atoms with Crippen molar-refractivity contribution in [2.24, 2.45) is 5.92 Å². The van der Waals surface area contributed by atoms with Crippen molar-refractivity contribution in [1.82, 2.24) is 9.80 Å². The number of morpholine rings is 1. The fraction of sp³-hybridized carbons (Fsp3) is 0.560. The van der Waals surface area contributed by atoms with Crippen molar-refractivity contribution in [3.05, 3.63) is 41.5 Å². The van der Waals surface area contributed by atoms with Crippen molar-refractivity contribution in [1.29, 1.82) is 0 Å². The Labute approximate surface area is 195 Å². The van der Waals surface area contributed by atoms with Crippen molar-refractivity contribution in [3.63, 3.8) is 0 Å². The standard InChI is InChI=1S/C23H34N2O2.C2H2O4/c1-23(2,3)21-6-4-5-20(17-21)8-7-19-9-11-25(12-10-19)22(26)18-24-13-15-27-16-14-24;3-1(4)2(5)6/h4-8,17,19H,9-16,18H2,1-3H3;(H,3,4)(H,5,6)/b8-7+;. The molecule has 0 atom stereocenters. The van der Waals surface area contributed by atoms with Gasteiger partial charge in [0.05, 0.1) is 19.8 Å². The molecular formula is C25H36N2O6. The number of aliphatic carboxylic acids is 2. The highest BCUT2D eigenvalue weighted by molar-refractivity contribution is 6.27. The third-order valence-corrected chi connectivity index (χ3v) is 5.85. The molecule has 1 aromatic carbocycles. The van der Waals surface area contributed by atoms with Gasteiger partial charge in [-0.25, -0.2) is 9.59 Å². The van der Waals surface area contributed by atoms with Crippen LogP contribution in [-0.4, -0.2) is 83.8 Å². The Hall–Kier alpha value is -2.71. The second-order valence-corrected chi connectivity index (χ2v) is 9.45. The minimum Gasteiger partial charge on any atom is -0.473 e. The number of carbonyl (C=O) groups excluding carboxylic acids is 1. The Bertz CT molecular complexity index is 820. The minimum atomic E-state index is -1.82. The summed E-state index contributed by atoms with van der Waals surface area (Å²) in [6, 6.07) is 8.81. The van der Waals surface area contributed by atoms with Gasteiger partial charge in [0.1, 0.15) is 0 Å². The summed E-state index contributed by atoms with van der Waals surface area (Å²) in [5, 5.41) is 14.8. The molecule has 2 aliphatic heterocycles. The van der Waals surface area contributed by atoms with Gasteiger partial charge in [-0.15, -0.1) is 0 Å². The first-order chi connectivity index (χ1) is 15.6. The molecule has 0 bridgehead atoms. The molecule has 182 valence electrons. The number of hydrogen-bond acceptors (Lipinski definition) is 5. The first-order valence-corrected chi connectivity index (χ1v) is 11.4. The number of carboxylic acids is 2. The van der Waals surface area contributed by atoms with E-state index in [-0.39, 0.29) is 11.3 Å². The molecule has 8 heteroatoms. The van der Waals surface area contributed by atoms with Crippen LogP contribution in [0.2, 0.25) is 0 Å². The molecule has 2 heterocycles. The van der Waals surface area contributed by atoms with Gasteiger partial charge in [0, 0.05) is 26.2 Å². The molecule has 0 spiro atoms. The van der Waals surface area contributed by atoms with Gasteiger partial charge in [-0.1, -0.05) is 57.2 Å². The fourth-order valence-electron chi connectivity index (χ4n) is 3.75. The second kappa shape index (κ2) is 12.5. The van der Waals surface area contributed by atoms with E-state index in [2.05, 4.69) is 62.1 Å². The zero-order chi connectivity index (χ0) is 24.4. The summed E-state index contributed by atoms with van der Waals surface area (Å²) in [7, 11) is 0. The summed E-state index contributed by atoms with van der Waals surface area (Å²) < 4.78 is 5.36. The van der Waals surface area contributed by atoms with Crippen LogP contribution in [-0.2, 0) is 24.5 Å². The maximum atomic E-state index is 12.5. The number of allylic oxidation sites excluding steroid dienone is 1. The first-order valence-electron chi connectivity index (χ1n) is 11.4. The molecular weight excluding hydrogens is 424 g/mol. The maximum absolute atomic E-state index is 12.5. The smallest absolute Gasteiger partial charge is 0.414 e. The molecule has 0 aliphatic carbocycles. The largest absolute Gasteiger partial charge is 0.473 e. The van der Waals surface area contributed by atoms with Crippen LogP contribution < -0.4 is 0 Å². The van der Waals surface area contributed by atoms with Crippen LogP contribution in [0.5, 0.6) is 0 Å². The number of rotatable bonds is 4. The van der Waals surface area contributed by atoms with Crippen molar-refractivity contribution in [2.45, 2.75) is 39.0 Å². The van der Waals surface area contributed by atoms with Crippen LogP contribution >= 0.6 is 0 Å². The first kappa shape index (κ1) is 26.5. The number of nitrogens with zero attached hydrogens (tertiary/aromatic N) is 2. The fourth-order valence-corrected chi connectivity index (χ4v) is 3.75. The summed E-state index contributed by atoms with van der Waals surface area (Å²) >= 11 is 0. The average molecular weight is 461 g/mol. The topological polar surface area (TPSA) is 107 Å². The SMILES string of the molecule is CC(C)(C)c1cccc(/C=C/C2CCN(C(=O)CN3CCOCC3)CC2)c1.O=C(O)C(=O)O. The van der Waals surface area contributed by atoms with Gasteiger partial charge in [-0.2, -0.15) is 0 Å². The predicted molar refractivity (Wildman–Crippen MR) is 126 cm³/mol. The summed E-state index contributed by atoms with van der Waals surface area (Å²) in [5.74, 6) is -2.81. The normalized spacial score (nSPS) is 18.0. The van der Waals surface area contributed by atoms with Crippen molar-refractivity contribution in [2.75, 3.05) is 45.9 Å². The van der Waals surface area contributed by atoms with Gasteiger partial charge >= 0.3 is 11.9 Å². The quantitative estimate of drug-likeness (QED) is 0.665. The van der Waals surface area contributed by atoms with Gasteiger partial charge in [0.15, 0.2) is 0 Å².